The number of hydrogen-bond donors (Lipinski definition) is 1. The summed E-state index contributed by atoms with van der Waals surface area (Å²) in [7, 11) is -3.71. The molecular formula is C24H31N3O4S3. The SMILES string of the molecule is O=C(Nc1sc2c(c1C(=O)N1CCCCC1)CCCCC2)[C@H]1CCCN1S(=O)(=O)c1cccs1. The number of carbonyl (C=O) groups excluding carboxylic acids is 2. The Bertz CT molecular complexity index is 1150. The number of likely N-dealkylation sites (tertiary alicyclic amines) is 1. The number of aryl methyl sites for hydroxylation is 1. The molecule has 2 aromatic heterocycles. The lowest BCUT2D eigenvalue weighted by atomic mass is 10.0. The quantitative estimate of drug-likeness (QED) is 0.587. The number of fused-ring (bicyclic) bond motifs is 1. The van der Waals surface area contributed by atoms with Gasteiger partial charge >= 0.3 is 0 Å². The van der Waals surface area contributed by atoms with Gasteiger partial charge in [-0.15, -0.1) is 22.7 Å². The van der Waals surface area contributed by atoms with Crippen molar-refractivity contribution in [2.24, 2.45) is 0 Å². The highest BCUT2D eigenvalue weighted by Gasteiger charge is 2.40. The van der Waals surface area contributed by atoms with E-state index in [0.717, 1.165) is 70.0 Å². The second kappa shape index (κ2) is 10.1. The first kappa shape index (κ1) is 24.0. The number of piperidine rings is 1. The van der Waals surface area contributed by atoms with E-state index >= 15 is 0 Å². The highest BCUT2D eigenvalue weighted by atomic mass is 32.2. The molecule has 5 rings (SSSR count). The molecule has 2 saturated heterocycles. The Morgan fingerprint density at radius 2 is 1.74 bits per heavy atom. The molecule has 2 amide bonds. The number of hydrogen-bond acceptors (Lipinski definition) is 6. The zero-order valence-electron chi connectivity index (χ0n) is 19.3. The molecule has 1 atom stereocenters. The monoisotopic (exact) mass is 521 g/mol. The third-order valence-corrected chi connectivity index (χ3v) is 11.6. The highest BCUT2D eigenvalue weighted by molar-refractivity contribution is 7.91. The predicted molar refractivity (Wildman–Crippen MR) is 135 cm³/mol. The van der Waals surface area contributed by atoms with Crippen LogP contribution in [0.1, 0.15) is 72.2 Å². The summed E-state index contributed by atoms with van der Waals surface area (Å²) in [6.07, 6.45) is 9.37. The average Bonchev–Trinajstić information content (AvgIpc) is 3.58. The molecule has 2 aliphatic heterocycles. The largest absolute Gasteiger partial charge is 0.339 e. The molecule has 1 N–H and O–H groups in total. The maximum atomic E-state index is 13.6. The molecule has 34 heavy (non-hydrogen) atoms. The Morgan fingerprint density at radius 3 is 2.50 bits per heavy atom. The Morgan fingerprint density at radius 1 is 0.971 bits per heavy atom. The first-order valence-corrected chi connectivity index (χ1v) is 15.4. The average molecular weight is 522 g/mol. The smallest absolute Gasteiger partial charge is 0.257 e. The fourth-order valence-corrected chi connectivity index (χ4v) is 9.38. The lowest BCUT2D eigenvalue weighted by molar-refractivity contribution is -0.119. The van der Waals surface area contributed by atoms with Crippen molar-refractivity contribution in [1.29, 1.82) is 0 Å². The van der Waals surface area contributed by atoms with E-state index in [-0.39, 0.29) is 16.0 Å². The molecule has 7 nitrogen and oxygen atoms in total. The van der Waals surface area contributed by atoms with Gasteiger partial charge in [0.05, 0.1) is 5.56 Å². The van der Waals surface area contributed by atoms with Gasteiger partial charge in [0.2, 0.25) is 5.91 Å². The van der Waals surface area contributed by atoms with Crippen LogP contribution in [0.5, 0.6) is 0 Å². The van der Waals surface area contributed by atoms with E-state index in [0.29, 0.717) is 30.0 Å². The number of rotatable bonds is 5. The van der Waals surface area contributed by atoms with Crippen molar-refractivity contribution < 1.29 is 18.0 Å². The minimum absolute atomic E-state index is 0.0175. The molecule has 4 heterocycles. The van der Waals surface area contributed by atoms with Crippen LogP contribution in [-0.4, -0.2) is 55.1 Å². The Hall–Kier alpha value is -1.75. The molecule has 0 unspecified atom stereocenters. The molecule has 0 saturated carbocycles. The van der Waals surface area contributed by atoms with Crippen molar-refractivity contribution in [3.63, 3.8) is 0 Å². The summed E-state index contributed by atoms with van der Waals surface area (Å²) >= 11 is 2.68. The predicted octanol–water partition coefficient (Wildman–Crippen LogP) is 4.50. The van der Waals surface area contributed by atoms with Gasteiger partial charge in [-0.25, -0.2) is 8.42 Å². The molecular weight excluding hydrogens is 490 g/mol. The van der Waals surface area contributed by atoms with Gasteiger partial charge in [0, 0.05) is 24.5 Å². The van der Waals surface area contributed by atoms with E-state index in [9.17, 15) is 18.0 Å². The maximum absolute atomic E-state index is 13.6. The lowest BCUT2D eigenvalue weighted by Crippen LogP contribution is -2.43. The van der Waals surface area contributed by atoms with Crippen LogP contribution in [0.25, 0.3) is 0 Å². The van der Waals surface area contributed by atoms with Gasteiger partial charge in [-0.2, -0.15) is 4.31 Å². The topological polar surface area (TPSA) is 86.8 Å². The second-order valence-electron chi connectivity index (χ2n) is 9.32. The van der Waals surface area contributed by atoms with Crippen LogP contribution in [0.2, 0.25) is 0 Å². The summed E-state index contributed by atoms with van der Waals surface area (Å²) in [4.78, 5) is 30.2. The minimum Gasteiger partial charge on any atom is -0.339 e. The summed E-state index contributed by atoms with van der Waals surface area (Å²) in [5.74, 6) is -0.314. The Balaban J connectivity index is 1.43. The maximum Gasteiger partial charge on any atom is 0.257 e. The number of nitrogens with zero attached hydrogens (tertiary/aromatic N) is 2. The fraction of sp³-hybridized carbons (Fsp3) is 0.583. The first-order chi connectivity index (χ1) is 16.5. The van der Waals surface area contributed by atoms with E-state index < -0.39 is 16.1 Å². The van der Waals surface area contributed by atoms with E-state index in [1.54, 1.807) is 17.5 Å². The van der Waals surface area contributed by atoms with Crippen LogP contribution < -0.4 is 5.32 Å². The van der Waals surface area contributed by atoms with Crippen molar-refractivity contribution in [1.82, 2.24) is 9.21 Å². The van der Waals surface area contributed by atoms with Crippen LogP contribution >= 0.6 is 22.7 Å². The van der Waals surface area contributed by atoms with Gasteiger partial charge in [0.1, 0.15) is 15.3 Å². The highest BCUT2D eigenvalue weighted by Crippen LogP contribution is 2.39. The van der Waals surface area contributed by atoms with Crippen LogP contribution in [0.15, 0.2) is 21.7 Å². The summed E-state index contributed by atoms with van der Waals surface area (Å²) in [6.45, 7) is 1.84. The van der Waals surface area contributed by atoms with E-state index in [1.807, 2.05) is 4.90 Å². The molecule has 3 aliphatic rings. The molecule has 184 valence electrons. The molecule has 1 aliphatic carbocycles. The molecule has 2 aromatic rings. The third-order valence-electron chi connectivity index (χ3n) is 7.08. The standard InChI is InChI=1S/C24H31N3O4S3/c28-22(18-10-7-15-27(18)34(30,31)20-12-8-16-32-20)25-23-21(24(29)26-13-5-2-6-14-26)17-9-3-1-4-11-19(17)33-23/h8,12,16,18H,1-7,9-11,13-15H2,(H,25,28)/t18-/m1/s1. The molecule has 0 spiro atoms. The second-order valence-corrected chi connectivity index (χ2v) is 13.5. The van der Waals surface area contributed by atoms with Crippen molar-refractivity contribution in [2.75, 3.05) is 25.0 Å². The van der Waals surface area contributed by atoms with Crippen LogP contribution in [0, 0.1) is 0 Å². The molecule has 0 bridgehead atoms. The third kappa shape index (κ3) is 4.57. The molecule has 2 fully saturated rings. The van der Waals surface area contributed by atoms with E-state index in [2.05, 4.69) is 5.32 Å². The van der Waals surface area contributed by atoms with Crippen molar-refractivity contribution in [2.45, 2.75) is 74.5 Å². The molecule has 0 radical (unpaired) electrons. The van der Waals surface area contributed by atoms with Crippen molar-refractivity contribution in [3.8, 4) is 0 Å². The van der Waals surface area contributed by atoms with Gasteiger partial charge in [0.15, 0.2) is 0 Å². The number of sulfonamides is 1. The zero-order valence-corrected chi connectivity index (χ0v) is 21.7. The van der Waals surface area contributed by atoms with E-state index in [1.165, 1.54) is 31.9 Å². The normalized spacial score (nSPS) is 21.8. The summed E-state index contributed by atoms with van der Waals surface area (Å²) < 4.78 is 27.9. The van der Waals surface area contributed by atoms with Gasteiger partial charge in [-0.3, -0.25) is 9.59 Å². The van der Waals surface area contributed by atoms with Crippen LogP contribution in [-0.2, 0) is 27.7 Å². The van der Waals surface area contributed by atoms with Crippen LogP contribution in [0.3, 0.4) is 0 Å². The number of anilines is 1. The summed E-state index contributed by atoms with van der Waals surface area (Å²) in [5, 5.41) is 5.36. The number of amides is 2. The first-order valence-electron chi connectivity index (χ1n) is 12.3. The van der Waals surface area contributed by atoms with E-state index in [4.69, 9.17) is 0 Å². The van der Waals surface area contributed by atoms with Gasteiger partial charge in [-0.1, -0.05) is 12.5 Å². The summed E-state index contributed by atoms with van der Waals surface area (Å²) in [5.41, 5.74) is 1.76. The van der Waals surface area contributed by atoms with Gasteiger partial charge in [0.25, 0.3) is 15.9 Å². The van der Waals surface area contributed by atoms with Crippen molar-refractivity contribution >= 4 is 49.5 Å². The number of nitrogens with one attached hydrogen (secondary N) is 1. The number of thiophene rings is 2. The molecule has 10 heteroatoms. The van der Waals surface area contributed by atoms with Crippen LogP contribution in [0.4, 0.5) is 5.00 Å². The van der Waals surface area contributed by atoms with Gasteiger partial charge < -0.3 is 10.2 Å². The minimum atomic E-state index is -3.71. The Kier molecular flexibility index (Phi) is 7.11. The fourth-order valence-electron chi connectivity index (χ4n) is 5.32. The Labute approximate surface area is 209 Å². The lowest BCUT2D eigenvalue weighted by Gasteiger charge is -2.27. The van der Waals surface area contributed by atoms with Gasteiger partial charge in [-0.05, 0) is 74.8 Å². The zero-order chi connectivity index (χ0) is 23.7. The van der Waals surface area contributed by atoms with Crippen molar-refractivity contribution in [3.05, 3.63) is 33.5 Å². The number of carbonyl (C=O) groups is 2. The summed E-state index contributed by atoms with van der Waals surface area (Å²) in [6, 6.07) is 2.53. The molecule has 0 aromatic carbocycles.